The lowest BCUT2D eigenvalue weighted by molar-refractivity contribution is -0.143. The maximum atomic E-state index is 12.8. The Morgan fingerprint density at radius 2 is 1.96 bits per heavy atom. The number of hydrogen-bond donors (Lipinski definition) is 2. The van der Waals surface area contributed by atoms with Gasteiger partial charge in [-0.3, -0.25) is 9.59 Å². The van der Waals surface area contributed by atoms with Crippen LogP contribution in [0.1, 0.15) is 29.0 Å². The predicted molar refractivity (Wildman–Crippen MR) is 97.6 cm³/mol. The van der Waals surface area contributed by atoms with Crippen molar-refractivity contribution in [3.05, 3.63) is 60.0 Å². The number of aromatic nitrogens is 2. The molecule has 0 radical (unpaired) electrons. The van der Waals surface area contributed by atoms with Gasteiger partial charge in [-0.25, -0.2) is 4.68 Å². The first-order chi connectivity index (χ1) is 13.0. The third-order valence-corrected chi connectivity index (χ3v) is 4.85. The molecule has 1 saturated carbocycles. The highest BCUT2D eigenvalue weighted by Gasteiger charge is 2.50. The number of carboxylic acids is 1. The van der Waals surface area contributed by atoms with Crippen LogP contribution in [0.2, 0.25) is 0 Å². The highest BCUT2D eigenvalue weighted by Crippen LogP contribution is 2.45. The second kappa shape index (κ2) is 6.42. The molecule has 138 valence electrons. The summed E-state index contributed by atoms with van der Waals surface area (Å²) in [6, 6.07) is 13.0. The van der Waals surface area contributed by atoms with Crippen molar-refractivity contribution < 1.29 is 19.1 Å². The Morgan fingerprint density at radius 1 is 1.22 bits per heavy atom. The molecular weight excluding hydrogens is 346 g/mol. The monoisotopic (exact) mass is 365 g/mol. The van der Waals surface area contributed by atoms with Crippen LogP contribution >= 0.6 is 0 Å². The predicted octanol–water partition coefficient (Wildman–Crippen LogP) is 3.04. The number of hydrogen-bond acceptors (Lipinski definition) is 4. The fourth-order valence-electron chi connectivity index (χ4n) is 2.96. The SMILES string of the molecule is Cc1ccc(-c2nn(-c3ccccc3)cc2C(=O)NCC2(C(=O)O)CC2)o1. The lowest BCUT2D eigenvalue weighted by Gasteiger charge is -2.10. The van der Waals surface area contributed by atoms with E-state index < -0.39 is 11.4 Å². The van der Waals surface area contributed by atoms with E-state index in [0.29, 0.717) is 35.6 Å². The van der Waals surface area contributed by atoms with Crippen molar-refractivity contribution in [2.45, 2.75) is 19.8 Å². The highest BCUT2D eigenvalue weighted by atomic mass is 16.4. The molecule has 27 heavy (non-hydrogen) atoms. The highest BCUT2D eigenvalue weighted by molar-refractivity contribution is 5.99. The second-order valence-electron chi connectivity index (χ2n) is 6.85. The number of nitrogens with zero attached hydrogens (tertiary/aromatic N) is 2. The summed E-state index contributed by atoms with van der Waals surface area (Å²) in [5.41, 5.74) is 0.747. The zero-order valence-electron chi connectivity index (χ0n) is 14.8. The maximum Gasteiger partial charge on any atom is 0.311 e. The fourth-order valence-corrected chi connectivity index (χ4v) is 2.96. The first-order valence-electron chi connectivity index (χ1n) is 8.72. The van der Waals surface area contributed by atoms with Crippen molar-refractivity contribution in [2.75, 3.05) is 6.54 Å². The Bertz CT molecular complexity index is 999. The molecule has 0 aliphatic heterocycles. The summed E-state index contributed by atoms with van der Waals surface area (Å²) in [5.74, 6) is -0.0291. The van der Waals surface area contributed by atoms with Crippen LogP contribution in [-0.2, 0) is 4.79 Å². The average Bonchev–Trinajstić information content (AvgIpc) is 3.14. The number of benzene rings is 1. The summed E-state index contributed by atoms with van der Waals surface area (Å²) in [6.07, 6.45) is 2.80. The zero-order valence-corrected chi connectivity index (χ0v) is 14.8. The van der Waals surface area contributed by atoms with Gasteiger partial charge in [0.15, 0.2) is 5.76 Å². The molecule has 0 bridgehead atoms. The minimum Gasteiger partial charge on any atom is -0.481 e. The summed E-state index contributed by atoms with van der Waals surface area (Å²) in [6.45, 7) is 1.93. The summed E-state index contributed by atoms with van der Waals surface area (Å²) in [5, 5.41) is 16.6. The van der Waals surface area contributed by atoms with E-state index >= 15 is 0 Å². The van der Waals surface area contributed by atoms with Gasteiger partial charge >= 0.3 is 5.97 Å². The van der Waals surface area contributed by atoms with Crippen LogP contribution in [0.3, 0.4) is 0 Å². The minimum atomic E-state index is -0.871. The minimum absolute atomic E-state index is 0.105. The summed E-state index contributed by atoms with van der Waals surface area (Å²) >= 11 is 0. The van der Waals surface area contributed by atoms with Crippen molar-refractivity contribution >= 4 is 11.9 Å². The van der Waals surface area contributed by atoms with Crippen molar-refractivity contribution in [3.63, 3.8) is 0 Å². The Morgan fingerprint density at radius 3 is 2.56 bits per heavy atom. The number of para-hydroxylation sites is 1. The van der Waals surface area contributed by atoms with Crippen LogP contribution in [0.4, 0.5) is 0 Å². The normalized spacial score (nSPS) is 14.7. The van der Waals surface area contributed by atoms with Gasteiger partial charge in [0.05, 0.1) is 16.7 Å². The number of nitrogens with one attached hydrogen (secondary N) is 1. The molecule has 0 spiro atoms. The van der Waals surface area contributed by atoms with Crippen molar-refractivity contribution in [3.8, 4) is 17.1 Å². The second-order valence-corrected chi connectivity index (χ2v) is 6.85. The van der Waals surface area contributed by atoms with E-state index in [9.17, 15) is 14.7 Å². The summed E-state index contributed by atoms with van der Waals surface area (Å²) in [4.78, 5) is 24.1. The lowest BCUT2D eigenvalue weighted by atomic mass is 10.1. The quantitative estimate of drug-likeness (QED) is 0.700. The van der Waals surface area contributed by atoms with Crippen LogP contribution in [0.25, 0.3) is 17.1 Å². The third kappa shape index (κ3) is 3.23. The molecule has 7 heteroatoms. The number of amides is 1. The molecule has 0 unspecified atom stereocenters. The van der Waals surface area contributed by atoms with Gasteiger partial charge in [0.1, 0.15) is 11.5 Å². The smallest absolute Gasteiger partial charge is 0.311 e. The van der Waals surface area contributed by atoms with Gasteiger partial charge in [0.25, 0.3) is 5.91 Å². The van der Waals surface area contributed by atoms with Gasteiger partial charge in [-0.05, 0) is 44.0 Å². The number of aliphatic carboxylic acids is 1. The molecule has 7 nitrogen and oxygen atoms in total. The molecular formula is C20H19N3O4. The van der Waals surface area contributed by atoms with E-state index in [1.165, 1.54) is 0 Å². The van der Waals surface area contributed by atoms with Crippen molar-refractivity contribution in [1.82, 2.24) is 15.1 Å². The van der Waals surface area contributed by atoms with Gasteiger partial charge in [0.2, 0.25) is 0 Å². The first kappa shape index (κ1) is 17.1. The maximum absolute atomic E-state index is 12.8. The topological polar surface area (TPSA) is 97.4 Å². The number of aryl methyl sites for hydroxylation is 1. The van der Waals surface area contributed by atoms with E-state index in [-0.39, 0.29) is 12.5 Å². The van der Waals surface area contributed by atoms with E-state index in [2.05, 4.69) is 10.4 Å². The Kier molecular flexibility index (Phi) is 4.07. The summed E-state index contributed by atoms with van der Waals surface area (Å²) < 4.78 is 7.27. The molecule has 1 aromatic carbocycles. The van der Waals surface area contributed by atoms with Gasteiger partial charge < -0.3 is 14.8 Å². The van der Waals surface area contributed by atoms with E-state index in [0.717, 1.165) is 5.69 Å². The van der Waals surface area contributed by atoms with Crippen molar-refractivity contribution in [2.24, 2.45) is 5.41 Å². The number of carbonyl (C=O) groups is 2. The number of furan rings is 1. The zero-order chi connectivity index (χ0) is 19.0. The molecule has 1 fully saturated rings. The first-order valence-corrected chi connectivity index (χ1v) is 8.72. The third-order valence-electron chi connectivity index (χ3n) is 4.85. The van der Waals surface area contributed by atoms with Gasteiger partial charge in [-0.15, -0.1) is 0 Å². The van der Waals surface area contributed by atoms with Gasteiger partial charge in [-0.1, -0.05) is 18.2 Å². The molecule has 1 aliphatic rings. The summed E-state index contributed by atoms with van der Waals surface area (Å²) in [7, 11) is 0. The molecule has 4 rings (SSSR count). The molecule has 2 N–H and O–H groups in total. The van der Waals surface area contributed by atoms with Gasteiger partial charge in [0, 0.05) is 12.7 Å². The largest absolute Gasteiger partial charge is 0.481 e. The van der Waals surface area contributed by atoms with Crippen LogP contribution in [0.5, 0.6) is 0 Å². The average molecular weight is 365 g/mol. The van der Waals surface area contributed by atoms with Gasteiger partial charge in [-0.2, -0.15) is 5.10 Å². The van der Waals surface area contributed by atoms with E-state index in [4.69, 9.17) is 4.42 Å². The number of carbonyl (C=O) groups excluding carboxylic acids is 1. The lowest BCUT2D eigenvalue weighted by Crippen LogP contribution is -2.34. The van der Waals surface area contributed by atoms with Crippen LogP contribution in [0, 0.1) is 12.3 Å². The van der Waals surface area contributed by atoms with E-state index in [1.807, 2.05) is 43.3 Å². The molecule has 1 amide bonds. The molecule has 0 saturated heterocycles. The molecule has 0 atom stereocenters. The Balaban J connectivity index is 1.66. The molecule has 1 aliphatic carbocycles. The molecule has 2 heterocycles. The van der Waals surface area contributed by atoms with E-state index in [1.54, 1.807) is 16.9 Å². The number of rotatable bonds is 6. The van der Waals surface area contributed by atoms with Crippen LogP contribution in [-0.4, -0.2) is 33.3 Å². The fraction of sp³-hybridized carbons (Fsp3) is 0.250. The standard InChI is InChI=1S/C20H19N3O4/c1-13-7-8-16(27-13)17-15(11-23(22-17)14-5-3-2-4-6-14)18(24)21-12-20(9-10-20)19(25)26/h2-8,11H,9-10,12H2,1H3,(H,21,24)(H,25,26). The Hall–Kier alpha value is -3.35. The van der Waals surface area contributed by atoms with Crippen LogP contribution in [0.15, 0.2) is 53.1 Å². The van der Waals surface area contributed by atoms with Crippen LogP contribution < -0.4 is 5.32 Å². The van der Waals surface area contributed by atoms with Crippen molar-refractivity contribution in [1.29, 1.82) is 0 Å². The number of carboxylic acid groups (broad SMARTS) is 1. The Labute approximate surface area is 155 Å². The molecule has 2 aromatic heterocycles. The molecule has 3 aromatic rings.